The first-order chi connectivity index (χ1) is 7.85. The lowest BCUT2D eigenvalue weighted by Gasteiger charge is -2.07. The van der Waals surface area contributed by atoms with Crippen LogP contribution < -0.4 is 4.74 Å². The molecule has 1 aromatic rings. The molecule has 0 saturated carbocycles. The number of fused-ring (bicyclic) bond motifs is 1. The number of nitrogens with zero attached hydrogens (tertiary/aromatic N) is 1. The van der Waals surface area contributed by atoms with E-state index in [1.807, 2.05) is 12.1 Å². The molecule has 0 aromatic heterocycles. The van der Waals surface area contributed by atoms with Gasteiger partial charge in [0.05, 0.1) is 12.3 Å². The Hall–Kier alpha value is -1.51. The van der Waals surface area contributed by atoms with Crippen LogP contribution in [0.2, 0.25) is 0 Å². The molecule has 0 heterocycles. The Bertz CT molecular complexity index is 399. The number of rotatable bonds is 4. The highest BCUT2D eigenvalue weighted by Crippen LogP contribution is 2.26. The highest BCUT2D eigenvalue weighted by molar-refractivity contribution is 6.04. The van der Waals surface area contributed by atoms with Gasteiger partial charge in [-0.05, 0) is 43.0 Å². The second kappa shape index (κ2) is 5.01. The summed E-state index contributed by atoms with van der Waals surface area (Å²) in [4.78, 5) is 0. The third-order valence-corrected chi connectivity index (χ3v) is 2.91. The Kier molecular flexibility index (Phi) is 3.44. The van der Waals surface area contributed by atoms with Crippen LogP contribution >= 0.6 is 0 Å². The predicted octanol–water partition coefficient (Wildman–Crippen LogP) is 2.99. The van der Waals surface area contributed by atoms with Gasteiger partial charge in [-0.2, -0.15) is 0 Å². The van der Waals surface area contributed by atoms with E-state index in [9.17, 15) is 0 Å². The van der Waals surface area contributed by atoms with Crippen molar-refractivity contribution in [3.05, 3.63) is 29.3 Å². The monoisotopic (exact) mass is 219 g/mol. The van der Waals surface area contributed by atoms with Crippen molar-refractivity contribution in [3.63, 3.8) is 0 Å². The van der Waals surface area contributed by atoms with Gasteiger partial charge in [-0.15, -0.1) is 0 Å². The zero-order valence-corrected chi connectivity index (χ0v) is 9.57. The summed E-state index contributed by atoms with van der Waals surface area (Å²) >= 11 is 0. The standard InChI is InChI=1S/C13H17NO2/c1-2-3-8-16-11-5-6-12-10(9-11)4-7-13(12)14-15/h5-6,9,15H,2-4,7-8H2,1H3/b14-13+. The largest absolute Gasteiger partial charge is 0.494 e. The van der Waals surface area contributed by atoms with Gasteiger partial charge >= 0.3 is 0 Å². The molecule has 1 aromatic carbocycles. The van der Waals surface area contributed by atoms with Gasteiger partial charge in [0.2, 0.25) is 0 Å². The van der Waals surface area contributed by atoms with Crippen LogP contribution in [0, 0.1) is 0 Å². The predicted molar refractivity (Wildman–Crippen MR) is 63.5 cm³/mol. The summed E-state index contributed by atoms with van der Waals surface area (Å²) in [5.74, 6) is 0.923. The average molecular weight is 219 g/mol. The molecule has 86 valence electrons. The first kappa shape index (κ1) is 11.0. The fraction of sp³-hybridized carbons (Fsp3) is 0.462. The summed E-state index contributed by atoms with van der Waals surface area (Å²) in [5, 5.41) is 12.1. The lowest BCUT2D eigenvalue weighted by atomic mass is 10.1. The molecule has 0 spiro atoms. The van der Waals surface area contributed by atoms with Crippen molar-refractivity contribution in [2.24, 2.45) is 5.16 Å². The Morgan fingerprint density at radius 3 is 3.00 bits per heavy atom. The summed E-state index contributed by atoms with van der Waals surface area (Å²) < 4.78 is 5.64. The van der Waals surface area contributed by atoms with E-state index in [1.165, 1.54) is 5.56 Å². The molecule has 0 atom stereocenters. The lowest BCUT2D eigenvalue weighted by molar-refractivity contribution is 0.309. The van der Waals surface area contributed by atoms with Gasteiger partial charge in [0, 0.05) is 5.56 Å². The molecule has 1 N–H and O–H groups in total. The molecule has 0 saturated heterocycles. The summed E-state index contributed by atoms with van der Waals surface area (Å²) in [5.41, 5.74) is 3.07. The molecule has 0 fully saturated rings. The van der Waals surface area contributed by atoms with E-state index in [0.29, 0.717) is 0 Å². The SMILES string of the molecule is CCCCOc1ccc2c(c1)CC/C2=N\O. The van der Waals surface area contributed by atoms with E-state index in [4.69, 9.17) is 9.94 Å². The van der Waals surface area contributed by atoms with Crippen LogP contribution in [-0.2, 0) is 6.42 Å². The minimum Gasteiger partial charge on any atom is -0.494 e. The molecule has 3 heteroatoms. The quantitative estimate of drug-likeness (QED) is 0.480. The van der Waals surface area contributed by atoms with Crippen LogP contribution in [0.4, 0.5) is 0 Å². The Balaban J connectivity index is 2.09. The molecular weight excluding hydrogens is 202 g/mol. The van der Waals surface area contributed by atoms with E-state index < -0.39 is 0 Å². The van der Waals surface area contributed by atoms with Crippen molar-refractivity contribution in [3.8, 4) is 5.75 Å². The van der Waals surface area contributed by atoms with Gasteiger partial charge in [-0.25, -0.2) is 0 Å². The van der Waals surface area contributed by atoms with E-state index in [0.717, 1.165) is 49.3 Å². The molecule has 3 nitrogen and oxygen atoms in total. The first-order valence-electron chi connectivity index (χ1n) is 5.82. The number of benzene rings is 1. The third kappa shape index (κ3) is 2.18. The van der Waals surface area contributed by atoms with Gasteiger partial charge in [-0.3, -0.25) is 0 Å². The minimum atomic E-state index is 0.774. The lowest BCUT2D eigenvalue weighted by Crippen LogP contribution is -1.98. The fourth-order valence-electron chi connectivity index (χ4n) is 1.97. The molecule has 0 bridgehead atoms. The first-order valence-corrected chi connectivity index (χ1v) is 5.82. The van der Waals surface area contributed by atoms with E-state index in [1.54, 1.807) is 0 Å². The number of ether oxygens (including phenoxy) is 1. The van der Waals surface area contributed by atoms with Gasteiger partial charge in [-0.1, -0.05) is 18.5 Å². The van der Waals surface area contributed by atoms with Crippen molar-refractivity contribution >= 4 is 5.71 Å². The number of hydrogen-bond donors (Lipinski definition) is 1. The van der Waals surface area contributed by atoms with E-state index in [-0.39, 0.29) is 0 Å². The smallest absolute Gasteiger partial charge is 0.119 e. The molecular formula is C13H17NO2. The van der Waals surface area contributed by atoms with Crippen LogP contribution in [0.25, 0.3) is 0 Å². The average Bonchev–Trinajstić information content (AvgIpc) is 2.71. The van der Waals surface area contributed by atoms with Crippen molar-refractivity contribution in [2.45, 2.75) is 32.6 Å². The Morgan fingerprint density at radius 2 is 2.25 bits per heavy atom. The number of hydrogen-bond acceptors (Lipinski definition) is 3. The molecule has 1 aliphatic rings. The van der Waals surface area contributed by atoms with Crippen LogP contribution in [-0.4, -0.2) is 17.5 Å². The zero-order chi connectivity index (χ0) is 11.4. The Labute approximate surface area is 95.7 Å². The van der Waals surface area contributed by atoms with Crippen molar-refractivity contribution in [1.29, 1.82) is 0 Å². The maximum Gasteiger partial charge on any atom is 0.119 e. The molecule has 16 heavy (non-hydrogen) atoms. The van der Waals surface area contributed by atoms with Crippen molar-refractivity contribution in [2.75, 3.05) is 6.61 Å². The normalized spacial score (nSPS) is 16.4. The fourth-order valence-corrected chi connectivity index (χ4v) is 1.97. The molecule has 0 unspecified atom stereocenters. The highest BCUT2D eigenvalue weighted by Gasteiger charge is 2.18. The summed E-state index contributed by atoms with van der Waals surface area (Å²) in [6, 6.07) is 5.99. The maximum atomic E-state index is 8.81. The second-order valence-corrected chi connectivity index (χ2v) is 4.07. The second-order valence-electron chi connectivity index (χ2n) is 4.07. The van der Waals surface area contributed by atoms with Gasteiger partial charge < -0.3 is 9.94 Å². The number of oxime groups is 1. The summed E-state index contributed by atoms with van der Waals surface area (Å²) in [6.45, 7) is 2.92. The number of unbranched alkanes of at least 4 members (excludes halogenated alkanes) is 1. The van der Waals surface area contributed by atoms with Crippen LogP contribution in [0.1, 0.15) is 37.3 Å². The minimum absolute atomic E-state index is 0.774. The van der Waals surface area contributed by atoms with Crippen LogP contribution in [0.15, 0.2) is 23.4 Å². The van der Waals surface area contributed by atoms with Crippen LogP contribution in [0.5, 0.6) is 5.75 Å². The zero-order valence-electron chi connectivity index (χ0n) is 9.57. The molecule has 0 aliphatic heterocycles. The number of aryl methyl sites for hydroxylation is 1. The summed E-state index contributed by atoms with van der Waals surface area (Å²) in [6.07, 6.45) is 4.00. The third-order valence-electron chi connectivity index (χ3n) is 2.91. The summed E-state index contributed by atoms with van der Waals surface area (Å²) in [7, 11) is 0. The van der Waals surface area contributed by atoms with E-state index >= 15 is 0 Å². The van der Waals surface area contributed by atoms with Gasteiger partial charge in [0.15, 0.2) is 0 Å². The van der Waals surface area contributed by atoms with E-state index in [2.05, 4.69) is 18.1 Å². The van der Waals surface area contributed by atoms with Crippen LogP contribution in [0.3, 0.4) is 0 Å². The molecule has 0 amide bonds. The topological polar surface area (TPSA) is 41.8 Å². The molecule has 1 aliphatic carbocycles. The Morgan fingerprint density at radius 1 is 1.38 bits per heavy atom. The maximum absolute atomic E-state index is 8.81. The molecule has 2 rings (SSSR count). The van der Waals surface area contributed by atoms with Crippen molar-refractivity contribution < 1.29 is 9.94 Å². The molecule has 0 radical (unpaired) electrons. The van der Waals surface area contributed by atoms with Gasteiger partial charge in [0.25, 0.3) is 0 Å². The van der Waals surface area contributed by atoms with Crippen molar-refractivity contribution in [1.82, 2.24) is 0 Å². The highest BCUT2D eigenvalue weighted by atomic mass is 16.5. The van der Waals surface area contributed by atoms with Gasteiger partial charge in [0.1, 0.15) is 5.75 Å².